The van der Waals surface area contributed by atoms with Gasteiger partial charge in [0.1, 0.15) is 0 Å². The van der Waals surface area contributed by atoms with Crippen LogP contribution in [0.15, 0.2) is 67.1 Å². The van der Waals surface area contributed by atoms with Crippen LogP contribution < -0.4 is 4.90 Å². The van der Waals surface area contributed by atoms with Gasteiger partial charge in [0.25, 0.3) is 0 Å². The van der Waals surface area contributed by atoms with Gasteiger partial charge in [-0.3, -0.25) is 4.98 Å². The highest BCUT2D eigenvalue weighted by Gasteiger charge is 2.09. The number of imidazole rings is 1. The zero-order valence-electron chi connectivity index (χ0n) is 13.6. The third-order valence-corrected chi connectivity index (χ3v) is 4.02. The molecule has 24 heavy (non-hydrogen) atoms. The summed E-state index contributed by atoms with van der Waals surface area (Å²) >= 11 is 0. The number of nitrogens with zero attached hydrogens (tertiary/aromatic N) is 5. The van der Waals surface area contributed by atoms with E-state index in [9.17, 15) is 0 Å². The molecule has 0 saturated heterocycles. The van der Waals surface area contributed by atoms with Crippen LogP contribution in [0.4, 0.5) is 5.69 Å². The highest BCUT2D eigenvalue weighted by Crippen LogP contribution is 2.24. The van der Waals surface area contributed by atoms with Gasteiger partial charge in [0.2, 0.25) is 0 Å². The third-order valence-electron chi connectivity index (χ3n) is 4.02. The van der Waals surface area contributed by atoms with E-state index in [1.165, 1.54) is 5.69 Å². The Hall–Kier alpha value is -3.21. The van der Waals surface area contributed by atoms with Crippen molar-refractivity contribution in [2.24, 2.45) is 0 Å². The van der Waals surface area contributed by atoms with E-state index < -0.39 is 0 Å². The average molecular weight is 315 g/mol. The summed E-state index contributed by atoms with van der Waals surface area (Å²) in [6.45, 7) is 0. The van der Waals surface area contributed by atoms with Gasteiger partial charge < -0.3 is 4.90 Å². The molecule has 0 saturated carbocycles. The number of benzene rings is 1. The highest BCUT2D eigenvalue weighted by molar-refractivity contribution is 5.66. The van der Waals surface area contributed by atoms with E-state index in [1.807, 2.05) is 49.1 Å². The van der Waals surface area contributed by atoms with E-state index in [-0.39, 0.29) is 0 Å². The molecule has 0 aliphatic rings. The predicted molar refractivity (Wildman–Crippen MR) is 96.0 cm³/mol. The summed E-state index contributed by atoms with van der Waals surface area (Å²) in [6.07, 6.45) is 5.40. The van der Waals surface area contributed by atoms with Crippen molar-refractivity contribution in [1.29, 1.82) is 0 Å². The molecular weight excluding hydrogens is 298 g/mol. The molecule has 5 heteroatoms. The van der Waals surface area contributed by atoms with Gasteiger partial charge in [-0.05, 0) is 36.4 Å². The van der Waals surface area contributed by atoms with Crippen LogP contribution in [-0.2, 0) is 0 Å². The van der Waals surface area contributed by atoms with Gasteiger partial charge in [0, 0.05) is 43.3 Å². The minimum Gasteiger partial charge on any atom is -0.378 e. The fourth-order valence-electron chi connectivity index (χ4n) is 2.68. The van der Waals surface area contributed by atoms with E-state index in [0.717, 1.165) is 28.2 Å². The SMILES string of the molecule is CN(C)c1ccc(-c2ccc3ncc(-c4ccncc4)n3n2)cc1. The van der Waals surface area contributed by atoms with Crippen LogP contribution in [0.1, 0.15) is 0 Å². The molecule has 1 aromatic carbocycles. The molecule has 4 aromatic rings. The lowest BCUT2D eigenvalue weighted by Gasteiger charge is -2.12. The Labute approximate surface area is 140 Å². The Balaban J connectivity index is 1.80. The van der Waals surface area contributed by atoms with Crippen LogP contribution >= 0.6 is 0 Å². The van der Waals surface area contributed by atoms with E-state index in [2.05, 4.69) is 39.1 Å². The lowest BCUT2D eigenvalue weighted by Crippen LogP contribution is -2.08. The van der Waals surface area contributed by atoms with Crippen molar-refractivity contribution in [3.63, 3.8) is 0 Å². The second-order valence-corrected chi connectivity index (χ2v) is 5.81. The van der Waals surface area contributed by atoms with Gasteiger partial charge >= 0.3 is 0 Å². The van der Waals surface area contributed by atoms with Gasteiger partial charge in [-0.25, -0.2) is 9.50 Å². The van der Waals surface area contributed by atoms with Crippen molar-refractivity contribution in [3.05, 3.63) is 67.1 Å². The third kappa shape index (κ3) is 2.50. The Morgan fingerprint density at radius 2 is 1.58 bits per heavy atom. The predicted octanol–water partition coefficient (Wildman–Crippen LogP) is 3.52. The summed E-state index contributed by atoms with van der Waals surface area (Å²) < 4.78 is 1.88. The molecule has 0 N–H and O–H groups in total. The van der Waals surface area contributed by atoms with Crippen molar-refractivity contribution in [2.45, 2.75) is 0 Å². The molecule has 0 radical (unpaired) electrons. The van der Waals surface area contributed by atoms with Crippen LogP contribution in [0.5, 0.6) is 0 Å². The molecule has 0 bridgehead atoms. The standard InChI is InChI=1S/C19H17N5/c1-23(2)16-5-3-14(4-6-16)17-7-8-19-21-13-18(24(19)22-17)15-9-11-20-12-10-15/h3-13H,1-2H3. The molecule has 0 amide bonds. The van der Waals surface area contributed by atoms with Crippen LogP contribution in [0.3, 0.4) is 0 Å². The van der Waals surface area contributed by atoms with Gasteiger partial charge in [-0.2, -0.15) is 5.10 Å². The van der Waals surface area contributed by atoms with Gasteiger partial charge in [0.15, 0.2) is 5.65 Å². The maximum Gasteiger partial charge on any atom is 0.154 e. The fraction of sp³-hybridized carbons (Fsp3) is 0.105. The largest absolute Gasteiger partial charge is 0.378 e. The van der Waals surface area contributed by atoms with Crippen LogP contribution in [0.2, 0.25) is 0 Å². The maximum atomic E-state index is 4.78. The summed E-state index contributed by atoms with van der Waals surface area (Å²) in [5.74, 6) is 0. The Morgan fingerprint density at radius 1 is 0.833 bits per heavy atom. The molecule has 0 unspecified atom stereocenters. The summed E-state index contributed by atoms with van der Waals surface area (Å²) in [7, 11) is 4.07. The molecule has 0 aliphatic heterocycles. The smallest absolute Gasteiger partial charge is 0.154 e. The minimum absolute atomic E-state index is 0.829. The molecule has 0 spiro atoms. The Morgan fingerprint density at radius 3 is 2.29 bits per heavy atom. The molecule has 5 nitrogen and oxygen atoms in total. The van der Waals surface area contributed by atoms with Crippen molar-refractivity contribution >= 4 is 11.3 Å². The average Bonchev–Trinajstić information content (AvgIpc) is 3.05. The zero-order chi connectivity index (χ0) is 16.5. The number of anilines is 1. The van der Waals surface area contributed by atoms with Crippen molar-refractivity contribution in [3.8, 4) is 22.5 Å². The minimum atomic E-state index is 0.829. The molecule has 4 rings (SSSR count). The van der Waals surface area contributed by atoms with Gasteiger partial charge in [-0.15, -0.1) is 0 Å². The van der Waals surface area contributed by atoms with Gasteiger partial charge in [0.05, 0.1) is 17.6 Å². The lowest BCUT2D eigenvalue weighted by molar-refractivity contribution is 0.948. The first kappa shape index (κ1) is 14.4. The molecule has 3 heterocycles. The molecule has 0 fully saturated rings. The summed E-state index contributed by atoms with van der Waals surface area (Å²) in [6, 6.07) is 16.3. The molecule has 0 atom stereocenters. The topological polar surface area (TPSA) is 46.3 Å². The van der Waals surface area contributed by atoms with Gasteiger partial charge in [-0.1, -0.05) is 12.1 Å². The second-order valence-electron chi connectivity index (χ2n) is 5.81. The molecule has 3 aromatic heterocycles. The van der Waals surface area contributed by atoms with Crippen LogP contribution in [-0.4, -0.2) is 33.7 Å². The number of hydrogen-bond donors (Lipinski definition) is 0. The monoisotopic (exact) mass is 315 g/mol. The summed E-state index contributed by atoms with van der Waals surface area (Å²) in [4.78, 5) is 10.6. The first-order valence-corrected chi connectivity index (χ1v) is 7.75. The Bertz CT molecular complexity index is 972. The number of pyridine rings is 1. The van der Waals surface area contributed by atoms with E-state index >= 15 is 0 Å². The van der Waals surface area contributed by atoms with Crippen molar-refractivity contribution in [1.82, 2.24) is 19.6 Å². The first-order valence-electron chi connectivity index (χ1n) is 7.75. The fourth-order valence-corrected chi connectivity index (χ4v) is 2.68. The van der Waals surface area contributed by atoms with Crippen molar-refractivity contribution < 1.29 is 0 Å². The maximum absolute atomic E-state index is 4.78. The van der Waals surface area contributed by atoms with E-state index in [0.29, 0.717) is 0 Å². The number of aromatic nitrogens is 4. The number of hydrogen-bond acceptors (Lipinski definition) is 4. The van der Waals surface area contributed by atoms with Crippen LogP contribution in [0.25, 0.3) is 28.2 Å². The first-order chi connectivity index (χ1) is 11.7. The zero-order valence-corrected chi connectivity index (χ0v) is 13.6. The highest BCUT2D eigenvalue weighted by atomic mass is 15.3. The van der Waals surface area contributed by atoms with E-state index in [1.54, 1.807) is 12.4 Å². The second kappa shape index (κ2) is 5.77. The van der Waals surface area contributed by atoms with Crippen molar-refractivity contribution in [2.75, 3.05) is 19.0 Å². The van der Waals surface area contributed by atoms with Crippen LogP contribution in [0, 0.1) is 0 Å². The lowest BCUT2D eigenvalue weighted by atomic mass is 10.1. The molecule has 0 aliphatic carbocycles. The normalized spacial score (nSPS) is 10.9. The summed E-state index contributed by atoms with van der Waals surface area (Å²) in [5.41, 5.74) is 6.00. The number of rotatable bonds is 3. The molecular formula is C19H17N5. The van der Waals surface area contributed by atoms with E-state index in [4.69, 9.17) is 5.10 Å². The Kier molecular flexibility index (Phi) is 3.46. The quantitative estimate of drug-likeness (QED) is 0.580. The number of fused-ring (bicyclic) bond motifs is 1. The molecule has 118 valence electrons. The summed E-state index contributed by atoms with van der Waals surface area (Å²) in [5, 5.41) is 4.78.